The standard InChI is InChI=1S/C15H19NO4/c1-9(10-5-3-2-4-6-10)8-15(16,14(19)20)12-7-11(12)13(17)18/h2-6,9,11-12H,7-8,16H2,1H3,(H,17,18)(H,19,20). The lowest BCUT2D eigenvalue weighted by Gasteiger charge is -2.28. The minimum absolute atomic E-state index is 0.0349. The van der Waals surface area contributed by atoms with Gasteiger partial charge in [-0.1, -0.05) is 37.3 Å². The molecule has 1 aromatic carbocycles. The van der Waals surface area contributed by atoms with Crippen molar-refractivity contribution in [1.29, 1.82) is 0 Å². The van der Waals surface area contributed by atoms with E-state index in [0.29, 0.717) is 6.42 Å². The third kappa shape index (κ3) is 2.67. The number of rotatable bonds is 6. The Labute approximate surface area is 117 Å². The lowest BCUT2D eigenvalue weighted by Crippen LogP contribution is -2.51. The molecule has 1 fully saturated rings. The van der Waals surface area contributed by atoms with Gasteiger partial charge in [0.25, 0.3) is 0 Å². The predicted molar refractivity (Wildman–Crippen MR) is 73.3 cm³/mol. The minimum atomic E-state index is -1.47. The van der Waals surface area contributed by atoms with Crippen molar-refractivity contribution in [3.63, 3.8) is 0 Å². The van der Waals surface area contributed by atoms with Gasteiger partial charge in [0.2, 0.25) is 0 Å². The number of benzene rings is 1. The molecule has 5 heteroatoms. The molecule has 2 rings (SSSR count). The van der Waals surface area contributed by atoms with Crippen molar-refractivity contribution < 1.29 is 19.8 Å². The first kappa shape index (κ1) is 14.5. The number of carbonyl (C=O) groups is 2. The molecule has 0 bridgehead atoms. The number of hydrogen-bond acceptors (Lipinski definition) is 3. The van der Waals surface area contributed by atoms with Gasteiger partial charge in [0.1, 0.15) is 5.54 Å². The van der Waals surface area contributed by atoms with Gasteiger partial charge in [0.15, 0.2) is 0 Å². The van der Waals surface area contributed by atoms with E-state index in [9.17, 15) is 14.7 Å². The van der Waals surface area contributed by atoms with E-state index in [-0.39, 0.29) is 12.3 Å². The SMILES string of the molecule is CC(CC(N)(C(=O)O)C1CC1C(=O)O)c1ccccc1. The number of nitrogens with two attached hydrogens (primary N) is 1. The fourth-order valence-corrected chi connectivity index (χ4v) is 2.84. The summed E-state index contributed by atoms with van der Waals surface area (Å²) in [6.07, 6.45) is 0.584. The molecule has 4 atom stereocenters. The van der Waals surface area contributed by atoms with Gasteiger partial charge >= 0.3 is 11.9 Å². The zero-order chi connectivity index (χ0) is 14.9. The molecular weight excluding hydrogens is 258 g/mol. The summed E-state index contributed by atoms with van der Waals surface area (Å²) < 4.78 is 0. The smallest absolute Gasteiger partial charge is 0.324 e. The highest BCUT2D eigenvalue weighted by molar-refractivity contribution is 5.83. The molecular formula is C15H19NO4. The van der Waals surface area contributed by atoms with Crippen molar-refractivity contribution in [2.24, 2.45) is 17.6 Å². The average molecular weight is 277 g/mol. The number of hydrogen-bond donors (Lipinski definition) is 3. The van der Waals surface area contributed by atoms with Crippen LogP contribution in [0.2, 0.25) is 0 Å². The van der Waals surface area contributed by atoms with Gasteiger partial charge in [-0.15, -0.1) is 0 Å². The van der Waals surface area contributed by atoms with Crippen LogP contribution in [0.5, 0.6) is 0 Å². The maximum absolute atomic E-state index is 11.5. The van der Waals surface area contributed by atoms with Gasteiger partial charge in [-0.05, 0) is 24.3 Å². The van der Waals surface area contributed by atoms with Crippen LogP contribution in [0.15, 0.2) is 30.3 Å². The first-order valence-corrected chi connectivity index (χ1v) is 6.66. The second-order valence-corrected chi connectivity index (χ2v) is 5.65. The van der Waals surface area contributed by atoms with E-state index in [0.717, 1.165) is 5.56 Å². The van der Waals surface area contributed by atoms with Crippen LogP contribution in [0.1, 0.15) is 31.2 Å². The van der Waals surface area contributed by atoms with E-state index < -0.39 is 29.3 Å². The fourth-order valence-electron chi connectivity index (χ4n) is 2.84. The van der Waals surface area contributed by atoms with Crippen LogP contribution in [-0.2, 0) is 9.59 Å². The monoisotopic (exact) mass is 277 g/mol. The molecule has 1 aliphatic rings. The molecule has 0 aromatic heterocycles. The average Bonchev–Trinajstić information content (AvgIpc) is 3.20. The van der Waals surface area contributed by atoms with Crippen molar-refractivity contribution in [1.82, 2.24) is 0 Å². The van der Waals surface area contributed by atoms with Gasteiger partial charge in [0, 0.05) is 5.92 Å². The summed E-state index contributed by atoms with van der Waals surface area (Å²) in [6, 6.07) is 9.53. The summed E-state index contributed by atoms with van der Waals surface area (Å²) in [5.41, 5.74) is 5.59. The Morgan fingerprint density at radius 2 is 1.95 bits per heavy atom. The summed E-state index contributed by atoms with van der Waals surface area (Å²) in [5, 5.41) is 18.4. The number of aliphatic carboxylic acids is 2. The van der Waals surface area contributed by atoms with E-state index >= 15 is 0 Å². The van der Waals surface area contributed by atoms with Crippen molar-refractivity contribution in [2.75, 3.05) is 0 Å². The molecule has 0 heterocycles. The number of carboxylic acid groups (broad SMARTS) is 2. The first-order chi connectivity index (χ1) is 9.36. The van der Waals surface area contributed by atoms with Crippen LogP contribution < -0.4 is 5.73 Å². The zero-order valence-electron chi connectivity index (χ0n) is 11.3. The van der Waals surface area contributed by atoms with Crippen LogP contribution >= 0.6 is 0 Å². The third-order valence-electron chi connectivity index (χ3n) is 4.18. The van der Waals surface area contributed by atoms with Crippen LogP contribution in [0, 0.1) is 11.8 Å². The van der Waals surface area contributed by atoms with E-state index in [2.05, 4.69) is 0 Å². The first-order valence-electron chi connectivity index (χ1n) is 6.66. The van der Waals surface area contributed by atoms with Crippen molar-refractivity contribution in [2.45, 2.75) is 31.2 Å². The summed E-state index contributed by atoms with van der Waals surface area (Å²) in [4.78, 5) is 22.5. The Balaban J connectivity index is 2.14. The highest BCUT2D eigenvalue weighted by atomic mass is 16.4. The number of carboxylic acids is 2. The van der Waals surface area contributed by atoms with E-state index in [4.69, 9.17) is 10.8 Å². The van der Waals surface area contributed by atoms with E-state index in [1.807, 2.05) is 37.3 Å². The molecule has 0 spiro atoms. The van der Waals surface area contributed by atoms with Crippen molar-refractivity contribution in [3.05, 3.63) is 35.9 Å². The third-order valence-corrected chi connectivity index (χ3v) is 4.18. The zero-order valence-corrected chi connectivity index (χ0v) is 11.3. The molecule has 0 saturated heterocycles. The van der Waals surface area contributed by atoms with Gasteiger partial charge in [-0.3, -0.25) is 9.59 Å². The van der Waals surface area contributed by atoms with Gasteiger partial charge in [-0.25, -0.2) is 0 Å². The molecule has 5 nitrogen and oxygen atoms in total. The Morgan fingerprint density at radius 1 is 1.35 bits per heavy atom. The molecule has 1 saturated carbocycles. The second kappa shape index (κ2) is 5.25. The maximum Gasteiger partial charge on any atom is 0.324 e. The van der Waals surface area contributed by atoms with Crippen LogP contribution in [-0.4, -0.2) is 27.7 Å². The predicted octanol–water partition coefficient (Wildman–Crippen LogP) is 1.68. The summed E-state index contributed by atoms with van der Waals surface area (Å²) in [6.45, 7) is 1.91. The molecule has 4 N–H and O–H groups in total. The normalized spacial score (nSPS) is 25.5. The minimum Gasteiger partial charge on any atom is -0.481 e. The molecule has 0 radical (unpaired) electrons. The summed E-state index contributed by atoms with van der Waals surface area (Å²) >= 11 is 0. The van der Waals surface area contributed by atoms with Crippen LogP contribution in [0.25, 0.3) is 0 Å². The van der Waals surface area contributed by atoms with E-state index in [1.165, 1.54) is 0 Å². The lowest BCUT2D eigenvalue weighted by atomic mass is 9.81. The van der Waals surface area contributed by atoms with Crippen molar-refractivity contribution >= 4 is 11.9 Å². The topological polar surface area (TPSA) is 101 Å². The highest BCUT2D eigenvalue weighted by Gasteiger charge is 2.58. The Morgan fingerprint density at radius 3 is 2.40 bits per heavy atom. The van der Waals surface area contributed by atoms with Gasteiger partial charge in [0.05, 0.1) is 5.92 Å². The fraction of sp³-hybridized carbons (Fsp3) is 0.467. The van der Waals surface area contributed by atoms with Gasteiger partial charge in [-0.2, -0.15) is 0 Å². The highest BCUT2D eigenvalue weighted by Crippen LogP contribution is 2.48. The largest absolute Gasteiger partial charge is 0.481 e. The van der Waals surface area contributed by atoms with Crippen LogP contribution in [0.3, 0.4) is 0 Å². The lowest BCUT2D eigenvalue weighted by molar-refractivity contribution is -0.145. The Hall–Kier alpha value is -1.88. The Kier molecular flexibility index (Phi) is 3.81. The summed E-state index contributed by atoms with van der Waals surface area (Å²) in [7, 11) is 0. The molecule has 1 aliphatic carbocycles. The summed E-state index contributed by atoms with van der Waals surface area (Å²) in [5.74, 6) is -3.22. The maximum atomic E-state index is 11.5. The molecule has 0 aliphatic heterocycles. The van der Waals surface area contributed by atoms with E-state index in [1.54, 1.807) is 0 Å². The van der Waals surface area contributed by atoms with Crippen LogP contribution in [0.4, 0.5) is 0 Å². The quantitative estimate of drug-likeness (QED) is 0.734. The molecule has 4 unspecified atom stereocenters. The molecule has 1 aromatic rings. The second-order valence-electron chi connectivity index (χ2n) is 5.65. The Bertz CT molecular complexity index is 516. The molecule has 0 amide bonds. The van der Waals surface area contributed by atoms with Gasteiger partial charge < -0.3 is 15.9 Å². The molecule has 108 valence electrons. The molecule has 20 heavy (non-hydrogen) atoms. The van der Waals surface area contributed by atoms with Crippen molar-refractivity contribution in [3.8, 4) is 0 Å².